The van der Waals surface area contributed by atoms with Crippen molar-refractivity contribution in [3.8, 4) is 16.9 Å². The molecule has 0 spiro atoms. The fourth-order valence-corrected chi connectivity index (χ4v) is 3.48. The number of fused-ring (bicyclic) bond motifs is 3. The number of rotatable bonds is 3. The van der Waals surface area contributed by atoms with Gasteiger partial charge in [0.15, 0.2) is 0 Å². The van der Waals surface area contributed by atoms with Crippen LogP contribution in [0.5, 0.6) is 5.75 Å². The first-order valence-corrected chi connectivity index (χ1v) is 8.93. The first-order valence-electron chi connectivity index (χ1n) is 8.93. The smallest absolute Gasteiger partial charge is 0.257 e. The Kier molecular flexibility index (Phi) is 3.69. The normalized spacial score (nSPS) is 11.2. The van der Waals surface area contributed by atoms with Gasteiger partial charge in [-0.3, -0.25) is 4.40 Å². The molecule has 1 N–H and O–H groups in total. The molecule has 0 saturated carbocycles. The van der Waals surface area contributed by atoms with Crippen LogP contribution in [-0.2, 0) is 0 Å². The van der Waals surface area contributed by atoms with Gasteiger partial charge in [0.25, 0.3) is 5.78 Å². The summed E-state index contributed by atoms with van der Waals surface area (Å²) in [5.74, 6) is 1.61. The van der Waals surface area contributed by atoms with Crippen LogP contribution in [0.1, 0.15) is 0 Å². The summed E-state index contributed by atoms with van der Waals surface area (Å²) in [6.07, 6.45) is 1.67. The van der Waals surface area contributed by atoms with Crippen LogP contribution in [0.25, 0.3) is 27.8 Å². The molecule has 0 atom stereocenters. The van der Waals surface area contributed by atoms with E-state index in [4.69, 9.17) is 4.98 Å². The summed E-state index contributed by atoms with van der Waals surface area (Å²) >= 11 is 0. The van der Waals surface area contributed by atoms with Crippen LogP contribution >= 0.6 is 0 Å². The van der Waals surface area contributed by atoms with E-state index in [-0.39, 0.29) is 5.75 Å². The second-order valence-electron chi connectivity index (χ2n) is 6.58. The number of anilines is 2. The van der Waals surface area contributed by atoms with Crippen molar-refractivity contribution in [3.05, 3.63) is 79.1 Å². The van der Waals surface area contributed by atoms with E-state index in [1.165, 1.54) is 0 Å². The van der Waals surface area contributed by atoms with Gasteiger partial charge in [-0.1, -0.05) is 42.5 Å². The minimum atomic E-state index is 0.260. The summed E-state index contributed by atoms with van der Waals surface area (Å²) in [7, 11) is 1.98. The molecule has 0 radical (unpaired) electrons. The minimum absolute atomic E-state index is 0.260. The van der Waals surface area contributed by atoms with Crippen LogP contribution in [0.2, 0.25) is 0 Å². The SMILES string of the molecule is CN(c1cccc(-c2ccccc2O)c1)c1nc2nncn2c2ccccc12. The highest BCUT2D eigenvalue weighted by molar-refractivity contribution is 5.93. The zero-order valence-corrected chi connectivity index (χ0v) is 15.2. The fourth-order valence-electron chi connectivity index (χ4n) is 3.48. The van der Waals surface area contributed by atoms with Crippen LogP contribution < -0.4 is 4.90 Å². The van der Waals surface area contributed by atoms with E-state index in [1.807, 2.05) is 83.1 Å². The summed E-state index contributed by atoms with van der Waals surface area (Å²) < 4.78 is 1.88. The van der Waals surface area contributed by atoms with Crippen molar-refractivity contribution in [3.63, 3.8) is 0 Å². The lowest BCUT2D eigenvalue weighted by atomic mass is 10.0. The van der Waals surface area contributed by atoms with Crippen LogP contribution in [-0.4, -0.2) is 31.7 Å². The van der Waals surface area contributed by atoms with Crippen molar-refractivity contribution in [1.29, 1.82) is 0 Å². The molecular formula is C22H17N5O. The molecular weight excluding hydrogens is 350 g/mol. The molecule has 136 valence electrons. The lowest BCUT2D eigenvalue weighted by Gasteiger charge is -2.21. The lowest BCUT2D eigenvalue weighted by molar-refractivity contribution is 0.477. The van der Waals surface area contributed by atoms with Crippen LogP contribution in [0.4, 0.5) is 11.5 Å². The van der Waals surface area contributed by atoms with Crippen molar-refractivity contribution in [2.75, 3.05) is 11.9 Å². The largest absolute Gasteiger partial charge is 0.507 e. The van der Waals surface area contributed by atoms with Crippen molar-refractivity contribution < 1.29 is 5.11 Å². The van der Waals surface area contributed by atoms with Gasteiger partial charge in [0.2, 0.25) is 0 Å². The van der Waals surface area contributed by atoms with Crippen molar-refractivity contribution in [2.24, 2.45) is 0 Å². The number of phenols is 1. The van der Waals surface area contributed by atoms with Gasteiger partial charge >= 0.3 is 0 Å². The molecule has 28 heavy (non-hydrogen) atoms. The van der Waals surface area contributed by atoms with E-state index in [1.54, 1.807) is 12.4 Å². The average molecular weight is 367 g/mol. The summed E-state index contributed by atoms with van der Waals surface area (Å²) in [6, 6.07) is 23.4. The van der Waals surface area contributed by atoms with Crippen molar-refractivity contribution >= 4 is 28.2 Å². The highest BCUT2D eigenvalue weighted by Crippen LogP contribution is 2.34. The molecule has 2 heterocycles. The Morgan fingerprint density at radius 2 is 1.75 bits per heavy atom. The molecule has 0 saturated heterocycles. The van der Waals surface area contributed by atoms with E-state index in [2.05, 4.69) is 10.2 Å². The maximum Gasteiger partial charge on any atom is 0.257 e. The van der Waals surface area contributed by atoms with Gasteiger partial charge in [-0.15, -0.1) is 10.2 Å². The quantitative estimate of drug-likeness (QED) is 0.511. The molecule has 0 unspecified atom stereocenters. The Morgan fingerprint density at radius 1 is 0.929 bits per heavy atom. The first-order chi connectivity index (χ1) is 13.7. The molecule has 5 aromatic rings. The summed E-state index contributed by atoms with van der Waals surface area (Å²) in [5.41, 5.74) is 3.69. The summed E-state index contributed by atoms with van der Waals surface area (Å²) in [4.78, 5) is 6.75. The van der Waals surface area contributed by atoms with Gasteiger partial charge < -0.3 is 10.0 Å². The predicted molar refractivity (Wildman–Crippen MR) is 110 cm³/mol. The molecule has 5 rings (SSSR count). The third-order valence-corrected chi connectivity index (χ3v) is 4.91. The number of aromatic hydroxyl groups is 1. The molecule has 3 aromatic carbocycles. The number of nitrogens with zero attached hydrogens (tertiary/aromatic N) is 5. The van der Waals surface area contributed by atoms with E-state index in [9.17, 15) is 5.11 Å². The monoisotopic (exact) mass is 367 g/mol. The standard InChI is InChI=1S/C22H17N5O/c1-26(16-8-6-7-15(13-16)17-9-3-5-12-20(17)28)21-18-10-2-4-11-19(18)27-14-23-25-22(27)24-21/h2-14,28H,1H3. The van der Waals surface area contributed by atoms with Gasteiger partial charge in [0.1, 0.15) is 17.9 Å². The number of para-hydroxylation sites is 2. The van der Waals surface area contributed by atoms with Crippen LogP contribution in [0, 0.1) is 0 Å². The number of hydrogen-bond acceptors (Lipinski definition) is 5. The fraction of sp³-hybridized carbons (Fsp3) is 0.0455. The zero-order valence-electron chi connectivity index (χ0n) is 15.2. The molecule has 0 aliphatic carbocycles. The molecule has 0 bridgehead atoms. The number of aromatic nitrogens is 4. The van der Waals surface area contributed by atoms with Gasteiger partial charge in [0.05, 0.1) is 5.52 Å². The number of phenolic OH excluding ortho intramolecular Hbond substituents is 1. The number of benzene rings is 3. The van der Waals surface area contributed by atoms with Crippen molar-refractivity contribution in [2.45, 2.75) is 0 Å². The molecule has 2 aromatic heterocycles. The summed E-state index contributed by atoms with van der Waals surface area (Å²) in [5, 5.41) is 19.3. The van der Waals surface area contributed by atoms with Crippen molar-refractivity contribution in [1.82, 2.24) is 19.6 Å². The highest BCUT2D eigenvalue weighted by atomic mass is 16.3. The second kappa shape index (κ2) is 6.35. The third kappa shape index (κ3) is 2.54. The highest BCUT2D eigenvalue weighted by Gasteiger charge is 2.15. The Balaban J connectivity index is 1.67. The van der Waals surface area contributed by atoms with E-state index in [0.717, 1.165) is 33.5 Å². The molecule has 6 heteroatoms. The average Bonchev–Trinajstić information content (AvgIpc) is 3.22. The Morgan fingerprint density at radius 3 is 2.64 bits per heavy atom. The van der Waals surface area contributed by atoms with E-state index < -0.39 is 0 Å². The lowest BCUT2D eigenvalue weighted by Crippen LogP contribution is -2.13. The van der Waals surface area contributed by atoms with Crippen LogP contribution in [0.15, 0.2) is 79.1 Å². The minimum Gasteiger partial charge on any atom is -0.507 e. The third-order valence-electron chi connectivity index (χ3n) is 4.91. The topological polar surface area (TPSA) is 66.5 Å². The Bertz CT molecular complexity index is 1310. The number of hydrogen-bond donors (Lipinski definition) is 1. The van der Waals surface area contributed by atoms with Gasteiger partial charge in [-0.2, -0.15) is 4.98 Å². The maximum absolute atomic E-state index is 10.2. The first kappa shape index (κ1) is 16.3. The van der Waals surface area contributed by atoms with Gasteiger partial charge in [-0.05, 0) is 35.9 Å². The van der Waals surface area contributed by atoms with Crippen LogP contribution in [0.3, 0.4) is 0 Å². The Labute approximate surface area is 161 Å². The van der Waals surface area contributed by atoms with Gasteiger partial charge in [0, 0.05) is 23.7 Å². The maximum atomic E-state index is 10.2. The summed E-state index contributed by atoms with van der Waals surface area (Å²) in [6.45, 7) is 0. The van der Waals surface area contributed by atoms with E-state index in [0.29, 0.717) is 5.78 Å². The Hall–Kier alpha value is -3.93. The molecule has 0 aliphatic heterocycles. The molecule has 0 fully saturated rings. The molecule has 0 aliphatic rings. The van der Waals surface area contributed by atoms with Gasteiger partial charge in [-0.25, -0.2) is 0 Å². The molecule has 6 nitrogen and oxygen atoms in total. The predicted octanol–water partition coefficient (Wildman–Crippen LogP) is 4.42. The second-order valence-corrected chi connectivity index (χ2v) is 6.58. The zero-order chi connectivity index (χ0) is 19.1. The van der Waals surface area contributed by atoms with E-state index >= 15 is 0 Å². The molecule has 0 amide bonds.